The van der Waals surface area contributed by atoms with Gasteiger partial charge in [0.15, 0.2) is 0 Å². The van der Waals surface area contributed by atoms with Gasteiger partial charge in [0.2, 0.25) is 5.28 Å². The van der Waals surface area contributed by atoms with Crippen molar-refractivity contribution in [3.8, 4) is 0 Å². The van der Waals surface area contributed by atoms with Gasteiger partial charge in [-0.3, -0.25) is 4.21 Å². The quantitative estimate of drug-likeness (QED) is 0.608. The molecule has 1 aliphatic heterocycles. The van der Waals surface area contributed by atoms with E-state index in [4.69, 9.17) is 16.3 Å². The summed E-state index contributed by atoms with van der Waals surface area (Å²) < 4.78 is 17.8. The molecule has 8 heteroatoms. The monoisotopic (exact) mass is 345 g/mol. The summed E-state index contributed by atoms with van der Waals surface area (Å²) >= 11 is 5.73. The van der Waals surface area contributed by atoms with Crippen molar-refractivity contribution in [3.63, 3.8) is 0 Å². The Morgan fingerprint density at radius 2 is 2.05 bits per heavy atom. The highest BCUT2D eigenvalue weighted by Gasteiger charge is 2.30. The van der Waals surface area contributed by atoms with Crippen LogP contribution in [0.25, 0.3) is 0 Å². The SMILES string of the molecule is CC(C)(C)OC(=O)N1CCC(S(=O)c2ccnc(Cl)n2)CC1. The van der Waals surface area contributed by atoms with Crippen molar-refractivity contribution in [1.82, 2.24) is 14.9 Å². The third-order valence-corrected chi connectivity index (χ3v) is 5.10. The minimum absolute atomic E-state index is 0.0374. The Bertz CT molecular complexity index is 569. The molecule has 6 nitrogen and oxygen atoms in total. The first-order valence-electron chi connectivity index (χ1n) is 7.13. The molecule has 1 unspecified atom stereocenters. The summed E-state index contributed by atoms with van der Waals surface area (Å²) in [5.74, 6) is 0. The Morgan fingerprint density at radius 3 is 2.59 bits per heavy atom. The Kier molecular flexibility index (Phi) is 5.39. The number of ether oxygens (including phenoxy) is 1. The van der Waals surface area contributed by atoms with Crippen molar-refractivity contribution < 1.29 is 13.7 Å². The fraction of sp³-hybridized carbons (Fsp3) is 0.643. The number of hydrogen-bond acceptors (Lipinski definition) is 5. The van der Waals surface area contributed by atoms with Gasteiger partial charge in [0.05, 0.1) is 10.8 Å². The van der Waals surface area contributed by atoms with Crippen molar-refractivity contribution >= 4 is 28.5 Å². The molecule has 0 radical (unpaired) electrons. The number of carbonyl (C=O) groups excluding carboxylic acids is 1. The van der Waals surface area contributed by atoms with Crippen LogP contribution < -0.4 is 0 Å². The van der Waals surface area contributed by atoms with Crippen molar-refractivity contribution in [2.24, 2.45) is 0 Å². The van der Waals surface area contributed by atoms with Crippen molar-refractivity contribution in [2.45, 2.75) is 49.5 Å². The summed E-state index contributed by atoms with van der Waals surface area (Å²) in [7, 11) is -1.24. The molecule has 1 aromatic rings. The summed E-state index contributed by atoms with van der Waals surface area (Å²) in [6, 6.07) is 1.61. The molecule has 0 saturated carbocycles. The summed E-state index contributed by atoms with van der Waals surface area (Å²) in [6.45, 7) is 6.58. The van der Waals surface area contributed by atoms with Crippen molar-refractivity contribution in [3.05, 3.63) is 17.5 Å². The summed E-state index contributed by atoms with van der Waals surface area (Å²) in [5.41, 5.74) is -0.505. The molecule has 0 bridgehead atoms. The number of hydrogen-bond donors (Lipinski definition) is 0. The van der Waals surface area contributed by atoms with Crippen LogP contribution in [0.2, 0.25) is 5.28 Å². The van der Waals surface area contributed by atoms with Crippen LogP contribution in [0.1, 0.15) is 33.6 Å². The number of likely N-dealkylation sites (tertiary alicyclic amines) is 1. The van der Waals surface area contributed by atoms with E-state index in [1.165, 1.54) is 6.20 Å². The highest BCUT2D eigenvalue weighted by atomic mass is 35.5. The number of halogens is 1. The maximum atomic E-state index is 12.5. The average molecular weight is 346 g/mol. The smallest absolute Gasteiger partial charge is 0.410 e. The molecule has 22 heavy (non-hydrogen) atoms. The number of nitrogens with zero attached hydrogens (tertiary/aromatic N) is 3. The lowest BCUT2D eigenvalue weighted by Crippen LogP contribution is -2.43. The Hall–Kier alpha value is -1.21. The molecule has 1 fully saturated rings. The van der Waals surface area contributed by atoms with Crippen LogP contribution in [0.3, 0.4) is 0 Å². The normalized spacial score (nSPS) is 18.1. The molecule has 2 rings (SSSR count). The first kappa shape index (κ1) is 17.1. The number of piperidine rings is 1. The summed E-state index contributed by atoms with van der Waals surface area (Å²) in [5, 5.41) is 0.498. The van der Waals surface area contributed by atoms with Crippen LogP contribution in [0.15, 0.2) is 17.3 Å². The number of carbonyl (C=O) groups is 1. The first-order chi connectivity index (χ1) is 10.3. The molecular formula is C14H20ClN3O3S. The van der Waals surface area contributed by atoms with Gasteiger partial charge in [-0.2, -0.15) is 0 Å². The Labute approximate surface area is 137 Å². The molecule has 2 heterocycles. The van der Waals surface area contributed by atoms with Crippen molar-refractivity contribution in [2.75, 3.05) is 13.1 Å². The van der Waals surface area contributed by atoms with Gasteiger partial charge in [-0.25, -0.2) is 14.8 Å². The molecular weight excluding hydrogens is 326 g/mol. The molecule has 0 spiro atoms. The topological polar surface area (TPSA) is 72.4 Å². The predicted octanol–water partition coefficient (Wildman–Crippen LogP) is 2.64. The second kappa shape index (κ2) is 6.91. The van der Waals surface area contributed by atoms with Gasteiger partial charge in [-0.05, 0) is 51.3 Å². The molecule has 1 saturated heterocycles. The third kappa shape index (κ3) is 4.64. The standard InChI is InChI=1S/C14H20ClN3O3S/c1-14(2,3)21-13(19)18-8-5-10(6-9-18)22(20)11-4-7-16-12(15)17-11/h4,7,10H,5-6,8-9H2,1-3H3. The highest BCUT2D eigenvalue weighted by Crippen LogP contribution is 2.22. The fourth-order valence-corrected chi connectivity index (χ4v) is 3.73. The van der Waals surface area contributed by atoms with Gasteiger partial charge < -0.3 is 9.64 Å². The van der Waals surface area contributed by atoms with Crippen LogP contribution in [0.5, 0.6) is 0 Å². The minimum atomic E-state index is -1.24. The zero-order chi connectivity index (χ0) is 16.3. The lowest BCUT2D eigenvalue weighted by Gasteiger charge is -2.32. The van der Waals surface area contributed by atoms with E-state index in [9.17, 15) is 9.00 Å². The zero-order valence-electron chi connectivity index (χ0n) is 12.9. The predicted molar refractivity (Wildman–Crippen MR) is 84.3 cm³/mol. The van der Waals surface area contributed by atoms with E-state index in [0.29, 0.717) is 31.0 Å². The van der Waals surface area contributed by atoms with E-state index in [1.807, 2.05) is 20.8 Å². The first-order valence-corrected chi connectivity index (χ1v) is 8.72. The van der Waals surface area contributed by atoms with Gasteiger partial charge in [0.25, 0.3) is 0 Å². The van der Waals surface area contributed by atoms with Gasteiger partial charge >= 0.3 is 6.09 Å². The Morgan fingerprint density at radius 1 is 1.41 bits per heavy atom. The third-order valence-electron chi connectivity index (χ3n) is 3.20. The summed E-state index contributed by atoms with van der Waals surface area (Å²) in [4.78, 5) is 21.4. The number of amides is 1. The van der Waals surface area contributed by atoms with Gasteiger partial charge in [-0.15, -0.1) is 0 Å². The van der Waals surface area contributed by atoms with Crippen LogP contribution in [0.4, 0.5) is 4.79 Å². The van der Waals surface area contributed by atoms with Crippen LogP contribution in [-0.4, -0.2) is 49.1 Å². The number of aromatic nitrogens is 2. The highest BCUT2D eigenvalue weighted by molar-refractivity contribution is 7.85. The van der Waals surface area contributed by atoms with Gasteiger partial charge in [0.1, 0.15) is 10.6 Å². The van der Waals surface area contributed by atoms with E-state index in [2.05, 4.69) is 9.97 Å². The molecule has 1 amide bonds. The molecule has 0 aliphatic carbocycles. The van der Waals surface area contributed by atoms with Crippen LogP contribution in [0, 0.1) is 0 Å². The fourth-order valence-electron chi connectivity index (χ4n) is 2.18. The Balaban J connectivity index is 1.92. The van der Waals surface area contributed by atoms with E-state index < -0.39 is 16.4 Å². The van der Waals surface area contributed by atoms with Gasteiger partial charge in [-0.1, -0.05) is 0 Å². The summed E-state index contributed by atoms with van der Waals surface area (Å²) in [6.07, 6.45) is 2.47. The molecule has 0 N–H and O–H groups in total. The molecule has 1 atom stereocenters. The van der Waals surface area contributed by atoms with E-state index in [0.717, 1.165) is 0 Å². The lowest BCUT2D eigenvalue weighted by molar-refractivity contribution is 0.0218. The van der Waals surface area contributed by atoms with Crippen LogP contribution >= 0.6 is 11.6 Å². The van der Waals surface area contributed by atoms with Crippen LogP contribution in [-0.2, 0) is 15.5 Å². The van der Waals surface area contributed by atoms with E-state index >= 15 is 0 Å². The van der Waals surface area contributed by atoms with Gasteiger partial charge in [0, 0.05) is 24.5 Å². The average Bonchev–Trinajstić information content (AvgIpc) is 2.45. The zero-order valence-corrected chi connectivity index (χ0v) is 14.5. The van der Waals surface area contributed by atoms with E-state index in [-0.39, 0.29) is 16.6 Å². The minimum Gasteiger partial charge on any atom is -0.444 e. The second-order valence-electron chi connectivity index (χ2n) is 6.13. The number of rotatable bonds is 2. The molecule has 122 valence electrons. The van der Waals surface area contributed by atoms with Crippen molar-refractivity contribution in [1.29, 1.82) is 0 Å². The maximum absolute atomic E-state index is 12.5. The molecule has 1 aliphatic rings. The second-order valence-corrected chi connectivity index (χ2v) is 8.15. The van der Waals surface area contributed by atoms with E-state index in [1.54, 1.807) is 11.0 Å². The maximum Gasteiger partial charge on any atom is 0.410 e. The molecule has 0 aromatic carbocycles. The largest absolute Gasteiger partial charge is 0.444 e. The molecule has 1 aromatic heterocycles. The lowest BCUT2D eigenvalue weighted by atomic mass is 10.1.